The molecule has 3 N–H and O–H groups in total. The molecule has 0 aliphatic heterocycles. The van der Waals surface area contributed by atoms with E-state index in [9.17, 15) is 8.42 Å². The molecular formula is C13H16N2O2S2. The molecule has 1 aromatic heterocycles. The van der Waals surface area contributed by atoms with Crippen molar-refractivity contribution < 1.29 is 8.42 Å². The Labute approximate surface area is 117 Å². The van der Waals surface area contributed by atoms with Crippen molar-refractivity contribution in [2.75, 3.05) is 5.73 Å². The van der Waals surface area contributed by atoms with Crippen molar-refractivity contribution in [3.8, 4) is 0 Å². The Morgan fingerprint density at radius 2 is 1.95 bits per heavy atom. The van der Waals surface area contributed by atoms with E-state index >= 15 is 0 Å². The molecule has 1 heterocycles. The van der Waals surface area contributed by atoms with Gasteiger partial charge in [0, 0.05) is 22.0 Å². The lowest BCUT2D eigenvalue weighted by molar-refractivity contribution is 0.582. The lowest BCUT2D eigenvalue weighted by Crippen LogP contribution is -2.22. The summed E-state index contributed by atoms with van der Waals surface area (Å²) < 4.78 is 26.7. The molecule has 102 valence electrons. The zero-order chi connectivity index (χ0) is 13.9. The summed E-state index contributed by atoms with van der Waals surface area (Å²) in [5.74, 6) is 0. The largest absolute Gasteiger partial charge is 0.399 e. The van der Waals surface area contributed by atoms with Crippen LogP contribution in [-0.4, -0.2) is 8.42 Å². The van der Waals surface area contributed by atoms with Gasteiger partial charge in [-0.3, -0.25) is 0 Å². The maximum absolute atomic E-state index is 12.1. The normalized spacial score (nSPS) is 11.6. The number of hydrogen-bond acceptors (Lipinski definition) is 4. The van der Waals surface area contributed by atoms with Crippen molar-refractivity contribution in [3.63, 3.8) is 0 Å². The lowest BCUT2D eigenvalue weighted by atomic mass is 10.3. The molecule has 0 saturated heterocycles. The van der Waals surface area contributed by atoms with Gasteiger partial charge in [-0.25, -0.2) is 13.1 Å². The number of nitrogen functional groups attached to an aromatic ring is 1. The van der Waals surface area contributed by atoms with Crippen LogP contribution in [0.15, 0.2) is 41.3 Å². The van der Waals surface area contributed by atoms with Crippen LogP contribution in [0.4, 0.5) is 5.69 Å². The summed E-state index contributed by atoms with van der Waals surface area (Å²) in [6.45, 7) is 2.38. The fourth-order valence-corrected chi connectivity index (χ4v) is 3.69. The van der Waals surface area contributed by atoms with E-state index in [1.807, 2.05) is 12.1 Å². The predicted octanol–water partition coefficient (Wildman–Crippen LogP) is 2.37. The number of aryl methyl sites for hydroxylation is 1. The maximum atomic E-state index is 12.1. The Morgan fingerprint density at radius 3 is 2.58 bits per heavy atom. The molecule has 2 aromatic rings. The van der Waals surface area contributed by atoms with E-state index in [2.05, 4.69) is 11.6 Å². The van der Waals surface area contributed by atoms with Crippen LogP contribution < -0.4 is 10.5 Å². The van der Waals surface area contributed by atoms with Crippen molar-refractivity contribution in [1.82, 2.24) is 4.72 Å². The van der Waals surface area contributed by atoms with Gasteiger partial charge in [0.05, 0.1) is 4.90 Å². The van der Waals surface area contributed by atoms with Gasteiger partial charge in [-0.2, -0.15) is 0 Å². The molecule has 0 aliphatic carbocycles. The van der Waals surface area contributed by atoms with Crippen molar-refractivity contribution >= 4 is 27.0 Å². The van der Waals surface area contributed by atoms with Gasteiger partial charge in [-0.15, -0.1) is 11.3 Å². The van der Waals surface area contributed by atoms with E-state index in [4.69, 9.17) is 5.73 Å². The van der Waals surface area contributed by atoms with E-state index in [1.54, 1.807) is 23.5 Å². The first-order valence-electron chi connectivity index (χ1n) is 5.94. The Morgan fingerprint density at radius 1 is 1.21 bits per heavy atom. The molecule has 0 atom stereocenters. The topological polar surface area (TPSA) is 72.2 Å². The van der Waals surface area contributed by atoms with E-state index in [-0.39, 0.29) is 4.90 Å². The van der Waals surface area contributed by atoms with Gasteiger partial charge in [0.25, 0.3) is 0 Å². The molecule has 19 heavy (non-hydrogen) atoms. The number of rotatable bonds is 5. The molecule has 0 aliphatic rings. The molecule has 0 saturated carbocycles. The summed E-state index contributed by atoms with van der Waals surface area (Å²) in [6, 6.07) is 10.2. The molecule has 0 spiro atoms. The number of anilines is 1. The number of hydrogen-bond donors (Lipinski definition) is 2. The van der Waals surface area contributed by atoms with E-state index in [0.717, 1.165) is 11.3 Å². The highest BCUT2D eigenvalue weighted by Gasteiger charge is 2.14. The van der Waals surface area contributed by atoms with E-state index in [1.165, 1.54) is 17.0 Å². The highest BCUT2D eigenvalue weighted by atomic mass is 32.2. The lowest BCUT2D eigenvalue weighted by Gasteiger charge is -2.06. The minimum absolute atomic E-state index is 0.194. The molecular weight excluding hydrogens is 280 g/mol. The van der Waals surface area contributed by atoms with Crippen LogP contribution in [0.3, 0.4) is 0 Å². The van der Waals surface area contributed by atoms with Gasteiger partial charge in [0.2, 0.25) is 10.0 Å². The molecule has 0 unspecified atom stereocenters. The molecule has 0 bridgehead atoms. The SMILES string of the molecule is CCc1ccc(CNS(=O)(=O)c2cccc(N)c2)s1. The van der Waals surface area contributed by atoms with Crippen LogP contribution >= 0.6 is 11.3 Å². The van der Waals surface area contributed by atoms with Crippen LogP contribution in [0.2, 0.25) is 0 Å². The van der Waals surface area contributed by atoms with Gasteiger partial charge in [-0.05, 0) is 36.8 Å². The fraction of sp³-hybridized carbons (Fsp3) is 0.231. The summed E-state index contributed by atoms with van der Waals surface area (Å²) >= 11 is 1.62. The molecule has 6 heteroatoms. The minimum atomic E-state index is -3.50. The van der Waals surface area contributed by atoms with Crippen molar-refractivity contribution in [3.05, 3.63) is 46.2 Å². The predicted molar refractivity (Wildman–Crippen MR) is 78.6 cm³/mol. The average molecular weight is 296 g/mol. The first-order valence-corrected chi connectivity index (χ1v) is 8.24. The third kappa shape index (κ3) is 3.56. The van der Waals surface area contributed by atoms with Crippen LogP contribution in [0.1, 0.15) is 16.7 Å². The molecule has 0 fully saturated rings. The summed E-state index contributed by atoms with van der Waals surface area (Å²) in [5.41, 5.74) is 6.03. The van der Waals surface area contributed by atoms with E-state index < -0.39 is 10.0 Å². The summed E-state index contributed by atoms with van der Waals surface area (Å²) in [4.78, 5) is 2.45. The second-order valence-corrected chi connectivity index (χ2v) is 7.14. The first-order chi connectivity index (χ1) is 9.01. The van der Waals surface area contributed by atoms with Crippen molar-refractivity contribution in [2.45, 2.75) is 24.8 Å². The van der Waals surface area contributed by atoms with E-state index in [0.29, 0.717) is 12.2 Å². The number of thiophene rings is 1. The second-order valence-electron chi connectivity index (χ2n) is 4.12. The zero-order valence-electron chi connectivity index (χ0n) is 10.6. The maximum Gasteiger partial charge on any atom is 0.240 e. The number of benzene rings is 1. The Bertz CT molecular complexity index is 663. The first kappa shape index (κ1) is 14.0. The third-order valence-electron chi connectivity index (χ3n) is 2.67. The van der Waals surface area contributed by atoms with Crippen LogP contribution in [0, 0.1) is 0 Å². The van der Waals surface area contributed by atoms with Crippen molar-refractivity contribution in [2.24, 2.45) is 0 Å². The molecule has 4 nitrogen and oxygen atoms in total. The van der Waals surface area contributed by atoms with Crippen LogP contribution in [-0.2, 0) is 23.0 Å². The van der Waals surface area contributed by atoms with Gasteiger partial charge in [0.15, 0.2) is 0 Å². The minimum Gasteiger partial charge on any atom is -0.399 e. The molecule has 2 rings (SSSR count). The highest BCUT2D eigenvalue weighted by molar-refractivity contribution is 7.89. The summed E-state index contributed by atoms with van der Waals surface area (Å²) in [7, 11) is -3.50. The summed E-state index contributed by atoms with van der Waals surface area (Å²) in [5, 5.41) is 0. The van der Waals surface area contributed by atoms with Gasteiger partial charge in [-0.1, -0.05) is 13.0 Å². The van der Waals surface area contributed by atoms with Crippen LogP contribution in [0.25, 0.3) is 0 Å². The third-order valence-corrected chi connectivity index (χ3v) is 5.30. The number of nitrogens with one attached hydrogen (secondary N) is 1. The number of nitrogens with two attached hydrogens (primary N) is 1. The second kappa shape index (κ2) is 5.73. The average Bonchev–Trinajstić information content (AvgIpc) is 2.84. The summed E-state index contributed by atoms with van der Waals surface area (Å²) in [6.07, 6.45) is 0.965. The Kier molecular flexibility index (Phi) is 4.24. The van der Waals surface area contributed by atoms with Crippen molar-refractivity contribution in [1.29, 1.82) is 0 Å². The molecule has 0 amide bonds. The zero-order valence-corrected chi connectivity index (χ0v) is 12.2. The fourth-order valence-electron chi connectivity index (χ4n) is 1.64. The standard InChI is InChI=1S/C13H16N2O2S2/c1-2-11-6-7-12(18-11)9-15-19(16,17)13-5-3-4-10(14)8-13/h3-8,15H,2,9,14H2,1H3. The monoisotopic (exact) mass is 296 g/mol. The molecule has 1 aromatic carbocycles. The Hall–Kier alpha value is -1.37. The van der Waals surface area contributed by atoms with Gasteiger partial charge in [0.1, 0.15) is 0 Å². The Balaban J connectivity index is 2.09. The smallest absolute Gasteiger partial charge is 0.240 e. The number of sulfonamides is 1. The van der Waals surface area contributed by atoms with Gasteiger partial charge >= 0.3 is 0 Å². The van der Waals surface area contributed by atoms with Gasteiger partial charge < -0.3 is 5.73 Å². The highest BCUT2D eigenvalue weighted by Crippen LogP contribution is 2.18. The quantitative estimate of drug-likeness (QED) is 0.832. The van der Waals surface area contributed by atoms with Crippen LogP contribution in [0.5, 0.6) is 0 Å². The molecule has 0 radical (unpaired) electrons.